The zero-order chi connectivity index (χ0) is 7.78. The van der Waals surface area contributed by atoms with Crippen molar-refractivity contribution in [1.29, 1.82) is 0 Å². The number of carboxylic acid groups (broad SMARTS) is 1. The lowest BCUT2D eigenvalue weighted by atomic mass is 10.0. The molecule has 56 valence electrons. The normalized spacial score (nSPS) is 22.2. The van der Waals surface area contributed by atoms with Gasteiger partial charge in [-0.1, -0.05) is 6.92 Å². The molecule has 10 heavy (non-hydrogen) atoms. The lowest BCUT2D eigenvalue weighted by molar-refractivity contribution is -0.141. The van der Waals surface area contributed by atoms with Gasteiger partial charge in [0.05, 0.1) is 5.92 Å². The molecule has 0 aromatic carbocycles. The summed E-state index contributed by atoms with van der Waals surface area (Å²) in [6.45, 7) is 3.49. The predicted octanol–water partition coefficient (Wildman–Crippen LogP) is 1.28. The van der Waals surface area contributed by atoms with Crippen LogP contribution >= 0.6 is 0 Å². The standard InChI is InChI=1S/C6H10N2O2/c1-4(5(9)10)3-6(2)7-8-6/h4H,3H2,1-2H3,(H,9,10). The first kappa shape index (κ1) is 7.18. The van der Waals surface area contributed by atoms with Crippen LogP contribution in [0.15, 0.2) is 10.2 Å². The Labute approximate surface area is 59.0 Å². The van der Waals surface area contributed by atoms with E-state index in [9.17, 15) is 4.79 Å². The average Bonchev–Trinajstić information content (AvgIpc) is 2.47. The third-order valence-corrected chi connectivity index (χ3v) is 1.56. The maximum atomic E-state index is 10.3. The van der Waals surface area contributed by atoms with Gasteiger partial charge in [0.25, 0.3) is 0 Å². The molecule has 1 aliphatic rings. The molecule has 0 amide bonds. The van der Waals surface area contributed by atoms with Crippen molar-refractivity contribution in [3.63, 3.8) is 0 Å². The third-order valence-electron chi connectivity index (χ3n) is 1.56. The summed E-state index contributed by atoms with van der Waals surface area (Å²) in [5, 5.41) is 15.9. The Bertz CT molecular complexity index is 182. The highest BCUT2D eigenvalue weighted by atomic mass is 16.4. The van der Waals surface area contributed by atoms with E-state index in [1.165, 1.54) is 0 Å². The van der Waals surface area contributed by atoms with Gasteiger partial charge in [-0.15, -0.1) is 0 Å². The number of hydrogen-bond donors (Lipinski definition) is 1. The van der Waals surface area contributed by atoms with Gasteiger partial charge < -0.3 is 5.11 Å². The van der Waals surface area contributed by atoms with Crippen LogP contribution in [-0.2, 0) is 4.79 Å². The molecule has 0 fully saturated rings. The summed E-state index contributed by atoms with van der Waals surface area (Å²) < 4.78 is 0. The van der Waals surface area contributed by atoms with Crippen LogP contribution in [0.5, 0.6) is 0 Å². The lowest BCUT2D eigenvalue weighted by Crippen LogP contribution is -2.17. The second-order valence-corrected chi connectivity index (χ2v) is 2.86. The van der Waals surface area contributed by atoms with Gasteiger partial charge in [-0.05, 0) is 6.92 Å². The fourth-order valence-electron chi connectivity index (χ4n) is 0.834. The second-order valence-electron chi connectivity index (χ2n) is 2.86. The maximum absolute atomic E-state index is 10.3. The summed E-state index contributed by atoms with van der Waals surface area (Å²) in [7, 11) is 0. The molecule has 1 heterocycles. The van der Waals surface area contributed by atoms with Crippen LogP contribution < -0.4 is 0 Å². The van der Waals surface area contributed by atoms with Crippen molar-refractivity contribution in [3.05, 3.63) is 0 Å². The highest BCUT2D eigenvalue weighted by Gasteiger charge is 2.37. The Kier molecular flexibility index (Phi) is 1.46. The lowest BCUT2D eigenvalue weighted by Gasteiger charge is -2.06. The van der Waals surface area contributed by atoms with E-state index in [0.717, 1.165) is 0 Å². The summed E-state index contributed by atoms with van der Waals surface area (Å²) in [4.78, 5) is 10.3. The number of hydrogen-bond acceptors (Lipinski definition) is 3. The molecule has 0 aromatic rings. The molecule has 4 nitrogen and oxygen atoms in total. The SMILES string of the molecule is CC(CC1(C)N=N1)C(=O)O. The first-order chi connectivity index (χ1) is 4.53. The van der Waals surface area contributed by atoms with Gasteiger partial charge in [-0.2, -0.15) is 10.2 Å². The number of rotatable bonds is 3. The summed E-state index contributed by atoms with van der Waals surface area (Å²) in [5.41, 5.74) is -0.377. The molecule has 0 bridgehead atoms. The van der Waals surface area contributed by atoms with Crippen molar-refractivity contribution in [2.24, 2.45) is 16.1 Å². The number of aliphatic carboxylic acids is 1. The van der Waals surface area contributed by atoms with Crippen molar-refractivity contribution in [2.45, 2.75) is 25.9 Å². The largest absolute Gasteiger partial charge is 0.481 e. The van der Waals surface area contributed by atoms with E-state index in [0.29, 0.717) is 6.42 Å². The molecule has 1 aliphatic heterocycles. The molecule has 0 spiro atoms. The van der Waals surface area contributed by atoms with Crippen LogP contribution in [0.3, 0.4) is 0 Å². The van der Waals surface area contributed by atoms with Crippen LogP contribution in [0.2, 0.25) is 0 Å². The van der Waals surface area contributed by atoms with Crippen LogP contribution in [0.1, 0.15) is 20.3 Å². The average molecular weight is 142 g/mol. The van der Waals surface area contributed by atoms with Gasteiger partial charge in [-0.3, -0.25) is 4.79 Å². The van der Waals surface area contributed by atoms with Gasteiger partial charge in [-0.25, -0.2) is 0 Å². The van der Waals surface area contributed by atoms with Gasteiger partial charge in [0, 0.05) is 6.42 Å². The zero-order valence-corrected chi connectivity index (χ0v) is 6.03. The van der Waals surface area contributed by atoms with Crippen LogP contribution in [0.4, 0.5) is 0 Å². The molecule has 4 heteroatoms. The van der Waals surface area contributed by atoms with Crippen LogP contribution in [0, 0.1) is 5.92 Å². The van der Waals surface area contributed by atoms with Gasteiger partial charge in [0.15, 0.2) is 5.66 Å². The van der Waals surface area contributed by atoms with Crippen molar-refractivity contribution in [2.75, 3.05) is 0 Å². The van der Waals surface area contributed by atoms with Gasteiger partial charge in [0.2, 0.25) is 0 Å². The van der Waals surface area contributed by atoms with Crippen LogP contribution in [-0.4, -0.2) is 16.7 Å². The highest BCUT2D eigenvalue weighted by molar-refractivity contribution is 5.69. The highest BCUT2D eigenvalue weighted by Crippen LogP contribution is 2.33. The zero-order valence-electron chi connectivity index (χ0n) is 6.03. The molecule has 0 aliphatic carbocycles. The van der Waals surface area contributed by atoms with Crippen molar-refractivity contribution in [3.8, 4) is 0 Å². The second kappa shape index (κ2) is 2.04. The molecule has 1 unspecified atom stereocenters. The van der Waals surface area contributed by atoms with E-state index in [-0.39, 0.29) is 11.6 Å². The van der Waals surface area contributed by atoms with Crippen LogP contribution in [0.25, 0.3) is 0 Å². The number of carbonyl (C=O) groups is 1. The fraction of sp³-hybridized carbons (Fsp3) is 0.833. The Morgan fingerprint density at radius 3 is 2.50 bits per heavy atom. The van der Waals surface area contributed by atoms with Gasteiger partial charge >= 0.3 is 5.97 Å². The Hall–Kier alpha value is -0.930. The summed E-state index contributed by atoms with van der Waals surface area (Å²) in [5.74, 6) is -1.13. The molecule has 1 rings (SSSR count). The molecule has 1 atom stereocenters. The minimum Gasteiger partial charge on any atom is -0.481 e. The number of nitrogens with zero attached hydrogens (tertiary/aromatic N) is 2. The van der Waals surface area contributed by atoms with E-state index in [4.69, 9.17) is 5.11 Å². The Morgan fingerprint density at radius 1 is 1.70 bits per heavy atom. The van der Waals surface area contributed by atoms with E-state index in [1.54, 1.807) is 6.92 Å². The minimum absolute atomic E-state index is 0.347. The van der Waals surface area contributed by atoms with E-state index >= 15 is 0 Å². The topological polar surface area (TPSA) is 62.0 Å². The summed E-state index contributed by atoms with van der Waals surface area (Å²) >= 11 is 0. The maximum Gasteiger partial charge on any atom is 0.306 e. The third kappa shape index (κ3) is 1.52. The minimum atomic E-state index is -0.779. The van der Waals surface area contributed by atoms with Crippen molar-refractivity contribution in [1.82, 2.24) is 0 Å². The Balaban J connectivity index is 2.32. The van der Waals surface area contributed by atoms with Crippen molar-refractivity contribution < 1.29 is 9.90 Å². The summed E-state index contributed by atoms with van der Waals surface area (Å²) in [6, 6.07) is 0. The predicted molar refractivity (Wildman–Crippen MR) is 34.7 cm³/mol. The Morgan fingerprint density at radius 2 is 2.20 bits per heavy atom. The van der Waals surface area contributed by atoms with E-state index in [1.807, 2.05) is 6.92 Å². The first-order valence-corrected chi connectivity index (χ1v) is 3.20. The van der Waals surface area contributed by atoms with E-state index < -0.39 is 5.97 Å². The number of carboxylic acids is 1. The van der Waals surface area contributed by atoms with Crippen molar-refractivity contribution >= 4 is 5.97 Å². The molecular formula is C6H10N2O2. The molecule has 1 N–H and O–H groups in total. The molecule has 0 aromatic heterocycles. The molecule has 0 saturated carbocycles. The fourth-order valence-corrected chi connectivity index (χ4v) is 0.834. The molecule has 0 saturated heterocycles. The van der Waals surface area contributed by atoms with Gasteiger partial charge in [0.1, 0.15) is 0 Å². The smallest absolute Gasteiger partial charge is 0.306 e. The summed E-state index contributed by atoms with van der Waals surface area (Å²) in [6.07, 6.45) is 0.516. The first-order valence-electron chi connectivity index (χ1n) is 3.20. The molecular weight excluding hydrogens is 132 g/mol. The monoisotopic (exact) mass is 142 g/mol. The van der Waals surface area contributed by atoms with E-state index in [2.05, 4.69) is 10.2 Å². The molecule has 0 radical (unpaired) electrons. The quantitative estimate of drug-likeness (QED) is 0.645.